The molecule has 0 spiro atoms. The van der Waals surface area contributed by atoms with Crippen molar-refractivity contribution in [2.24, 2.45) is 0 Å². The van der Waals surface area contributed by atoms with Crippen molar-refractivity contribution in [1.29, 1.82) is 0 Å². The number of nitrogens with zero attached hydrogens (tertiary/aromatic N) is 1. The third-order valence-corrected chi connectivity index (χ3v) is 9.30. The van der Waals surface area contributed by atoms with Gasteiger partial charge in [-0.25, -0.2) is 18.1 Å². The van der Waals surface area contributed by atoms with E-state index >= 15 is 0 Å². The Hall–Kier alpha value is -1.43. The van der Waals surface area contributed by atoms with E-state index in [-0.39, 0.29) is 50.8 Å². The highest BCUT2D eigenvalue weighted by Crippen LogP contribution is 2.34. The van der Waals surface area contributed by atoms with Crippen LogP contribution in [0.2, 0.25) is 10.0 Å². The van der Waals surface area contributed by atoms with Gasteiger partial charge in [0.15, 0.2) is 5.13 Å². The maximum atomic E-state index is 12.9. The number of aromatic nitrogens is 1. The first-order valence-corrected chi connectivity index (χ1v) is 13.5. The minimum absolute atomic E-state index is 0.0838. The number of nitrogens with two attached hydrogens (primary N) is 1. The lowest BCUT2D eigenvalue weighted by Crippen LogP contribution is -2.44. The summed E-state index contributed by atoms with van der Waals surface area (Å²) in [7, 11) is -3.36. The number of nitrogen functional groups attached to an aromatic ring is 1. The number of anilines is 2. The van der Waals surface area contributed by atoms with Gasteiger partial charge in [0.25, 0.3) is 0 Å². The van der Waals surface area contributed by atoms with Crippen LogP contribution in [0.15, 0.2) is 18.2 Å². The van der Waals surface area contributed by atoms with E-state index in [1.165, 1.54) is 0 Å². The maximum absolute atomic E-state index is 12.9. The van der Waals surface area contributed by atoms with Gasteiger partial charge in [-0.15, -0.1) is 0 Å². The lowest BCUT2D eigenvalue weighted by atomic mass is 9.92. The minimum Gasteiger partial charge on any atom is -0.382 e. The van der Waals surface area contributed by atoms with Crippen LogP contribution in [0.25, 0.3) is 0 Å². The molecule has 2 fully saturated rings. The van der Waals surface area contributed by atoms with Gasteiger partial charge in [0, 0.05) is 18.7 Å². The fourth-order valence-corrected chi connectivity index (χ4v) is 7.05. The second-order valence-electron chi connectivity index (χ2n) is 8.00. The second-order valence-corrected chi connectivity index (χ2v) is 11.8. The Kier molecular flexibility index (Phi) is 7.28. The van der Waals surface area contributed by atoms with Crippen molar-refractivity contribution >= 4 is 61.3 Å². The molecular formula is C20H24Cl2N4O4S2. The van der Waals surface area contributed by atoms with Crippen molar-refractivity contribution < 1.29 is 17.9 Å². The molecule has 1 saturated carbocycles. The second kappa shape index (κ2) is 9.82. The van der Waals surface area contributed by atoms with Gasteiger partial charge in [-0.2, -0.15) is 0 Å². The minimum atomic E-state index is -3.36. The highest BCUT2D eigenvalue weighted by atomic mass is 35.5. The summed E-state index contributed by atoms with van der Waals surface area (Å²) < 4.78 is 33.0. The number of nitrogens with one attached hydrogen (secondary N) is 2. The summed E-state index contributed by atoms with van der Waals surface area (Å²) in [6.45, 7) is 0.754. The maximum Gasteiger partial charge on any atom is 0.217 e. The van der Waals surface area contributed by atoms with Crippen molar-refractivity contribution in [3.8, 4) is 0 Å². The molecule has 4 N–H and O–H groups in total. The van der Waals surface area contributed by atoms with Crippen molar-refractivity contribution in [1.82, 2.24) is 9.71 Å². The molecule has 1 aliphatic heterocycles. The predicted molar refractivity (Wildman–Crippen MR) is 127 cm³/mol. The molecule has 12 heteroatoms. The molecule has 174 valence electrons. The molecule has 1 aromatic carbocycles. The quantitative estimate of drug-likeness (QED) is 0.477. The number of sulfonamides is 1. The molecule has 4 rings (SSSR count). The normalized spacial score (nSPS) is 23.9. The predicted octanol–water partition coefficient (Wildman–Crippen LogP) is 3.69. The third-order valence-electron chi connectivity index (χ3n) is 5.76. The zero-order chi connectivity index (χ0) is 22.9. The average molecular weight is 519 g/mol. The lowest BCUT2D eigenvalue weighted by Gasteiger charge is -2.30. The zero-order valence-corrected chi connectivity index (χ0v) is 20.3. The van der Waals surface area contributed by atoms with E-state index in [1.807, 2.05) is 0 Å². The Morgan fingerprint density at radius 2 is 1.78 bits per heavy atom. The van der Waals surface area contributed by atoms with Crippen LogP contribution in [0, 0.1) is 0 Å². The van der Waals surface area contributed by atoms with E-state index in [9.17, 15) is 13.2 Å². The molecule has 0 radical (unpaired) electrons. The van der Waals surface area contributed by atoms with Gasteiger partial charge < -0.3 is 15.8 Å². The van der Waals surface area contributed by atoms with E-state index < -0.39 is 15.3 Å². The molecule has 1 atom stereocenters. The molecule has 1 aliphatic carbocycles. The smallest absolute Gasteiger partial charge is 0.217 e. The zero-order valence-electron chi connectivity index (χ0n) is 17.1. The summed E-state index contributed by atoms with van der Waals surface area (Å²) in [6, 6.07) is 4.90. The molecule has 0 bridgehead atoms. The summed E-state index contributed by atoms with van der Waals surface area (Å²) >= 11 is 13.5. The molecule has 32 heavy (non-hydrogen) atoms. The fourth-order valence-electron chi connectivity index (χ4n) is 4.00. The summed E-state index contributed by atoms with van der Waals surface area (Å²) in [4.78, 5) is 17.5. The Morgan fingerprint density at radius 1 is 1.12 bits per heavy atom. The van der Waals surface area contributed by atoms with Gasteiger partial charge in [0.05, 0.1) is 22.2 Å². The number of hydrogen-bond donors (Lipinski definition) is 3. The standard InChI is InChI=1S/C20H24Cl2N4O4S2/c21-14-2-1-3-15(22)16(14)17(27)18-19(23)25-20(31-18)24-11-4-6-12(7-5-11)26-32(28,29)13-8-9-30-10-13/h1-3,11-13,26H,4-10,23H2,(H,24,25). The highest BCUT2D eigenvalue weighted by Gasteiger charge is 2.33. The molecule has 0 amide bonds. The number of thiazole rings is 1. The van der Waals surface area contributed by atoms with Gasteiger partial charge >= 0.3 is 0 Å². The first kappa shape index (κ1) is 23.7. The van der Waals surface area contributed by atoms with Gasteiger partial charge in [-0.05, 0) is 44.2 Å². The van der Waals surface area contributed by atoms with Crippen molar-refractivity contribution in [2.75, 3.05) is 24.3 Å². The number of ketones is 1. The SMILES string of the molecule is Nc1nc(NC2CCC(NS(=O)(=O)C3CCOC3)CC2)sc1C(=O)c1c(Cl)cccc1Cl. The van der Waals surface area contributed by atoms with Crippen LogP contribution in [0.4, 0.5) is 10.9 Å². The number of rotatable bonds is 7. The van der Waals surface area contributed by atoms with Crippen LogP contribution in [0.5, 0.6) is 0 Å². The Labute approximate surface area is 200 Å². The van der Waals surface area contributed by atoms with Crippen molar-refractivity contribution in [3.63, 3.8) is 0 Å². The summed E-state index contributed by atoms with van der Waals surface area (Å²) in [5, 5.41) is 3.93. The molecule has 2 heterocycles. The van der Waals surface area contributed by atoms with Gasteiger partial charge in [0.1, 0.15) is 15.9 Å². The number of carbonyl (C=O) groups excluding carboxylic acids is 1. The first-order valence-electron chi connectivity index (χ1n) is 10.3. The largest absolute Gasteiger partial charge is 0.382 e. The van der Waals surface area contributed by atoms with Crippen molar-refractivity contribution in [2.45, 2.75) is 49.4 Å². The number of ether oxygens (including phenoxy) is 1. The summed E-state index contributed by atoms with van der Waals surface area (Å²) in [6.07, 6.45) is 3.51. The van der Waals surface area contributed by atoms with E-state index in [0.717, 1.165) is 24.2 Å². The van der Waals surface area contributed by atoms with E-state index in [2.05, 4.69) is 15.0 Å². The Morgan fingerprint density at radius 3 is 2.41 bits per heavy atom. The lowest BCUT2D eigenvalue weighted by molar-refractivity contribution is 0.104. The van der Waals surface area contributed by atoms with Gasteiger partial charge in [0.2, 0.25) is 15.8 Å². The van der Waals surface area contributed by atoms with Crippen LogP contribution < -0.4 is 15.8 Å². The molecule has 2 aliphatic rings. The van der Waals surface area contributed by atoms with Crippen LogP contribution in [-0.4, -0.2) is 49.7 Å². The molecule has 1 saturated heterocycles. The molecule has 2 aromatic rings. The highest BCUT2D eigenvalue weighted by molar-refractivity contribution is 7.90. The van der Waals surface area contributed by atoms with Crippen molar-refractivity contribution in [3.05, 3.63) is 38.7 Å². The van der Waals surface area contributed by atoms with Crippen LogP contribution >= 0.6 is 34.5 Å². The Balaban J connectivity index is 1.36. The van der Waals surface area contributed by atoms with Gasteiger partial charge in [-0.3, -0.25) is 4.79 Å². The topological polar surface area (TPSA) is 123 Å². The number of halogens is 2. The van der Waals surface area contributed by atoms with E-state index in [1.54, 1.807) is 18.2 Å². The van der Waals surface area contributed by atoms with E-state index in [0.29, 0.717) is 31.0 Å². The summed E-state index contributed by atoms with van der Waals surface area (Å²) in [5.41, 5.74) is 6.21. The van der Waals surface area contributed by atoms with Gasteiger partial charge in [-0.1, -0.05) is 40.6 Å². The third kappa shape index (κ3) is 5.21. The number of hydrogen-bond acceptors (Lipinski definition) is 8. The Bertz CT molecular complexity index is 1070. The van der Waals surface area contributed by atoms with Crippen LogP contribution in [0.3, 0.4) is 0 Å². The monoisotopic (exact) mass is 518 g/mol. The molecule has 1 unspecified atom stereocenters. The summed E-state index contributed by atoms with van der Waals surface area (Å²) in [5.74, 6) is -0.239. The first-order chi connectivity index (χ1) is 15.2. The molecule has 8 nitrogen and oxygen atoms in total. The van der Waals surface area contributed by atoms with E-state index in [4.69, 9.17) is 33.7 Å². The van der Waals surface area contributed by atoms with Crippen LogP contribution in [-0.2, 0) is 14.8 Å². The number of carbonyl (C=O) groups is 1. The molecule has 1 aromatic heterocycles. The molecular weight excluding hydrogens is 495 g/mol. The number of benzene rings is 1. The fraction of sp³-hybridized carbons (Fsp3) is 0.500. The average Bonchev–Trinajstić information content (AvgIpc) is 3.40. The van der Waals surface area contributed by atoms with Crippen LogP contribution in [0.1, 0.15) is 47.3 Å².